The first-order valence-corrected chi connectivity index (χ1v) is 6.59. The number of rotatable bonds is 4. The minimum atomic E-state index is -0.192. The molecule has 1 saturated heterocycles. The van der Waals surface area contributed by atoms with E-state index in [9.17, 15) is 4.39 Å². The number of benzene rings is 1. The summed E-state index contributed by atoms with van der Waals surface area (Å²) in [7, 11) is 0. The van der Waals surface area contributed by atoms with Crippen molar-refractivity contribution >= 4 is 5.69 Å². The van der Waals surface area contributed by atoms with Gasteiger partial charge in [-0.1, -0.05) is 6.92 Å². The summed E-state index contributed by atoms with van der Waals surface area (Å²) < 4.78 is 19.0. The summed E-state index contributed by atoms with van der Waals surface area (Å²) in [5.74, 6) is -0.192. The fourth-order valence-corrected chi connectivity index (χ4v) is 2.40. The van der Waals surface area contributed by atoms with Crippen molar-refractivity contribution < 1.29 is 9.13 Å². The number of morpholine rings is 1. The Bertz CT molecular complexity index is 397. The average molecular weight is 252 g/mol. The van der Waals surface area contributed by atoms with E-state index in [1.807, 2.05) is 6.07 Å². The standard InChI is InChI=1S/C14H21FN2O/c1-2-13-10-17(7-8-18-13)14-4-3-12(15)9-11(14)5-6-16/h3-4,9,13H,2,5-8,10,16H2,1H3. The van der Waals surface area contributed by atoms with Gasteiger partial charge in [-0.05, 0) is 43.1 Å². The third kappa shape index (κ3) is 3.00. The van der Waals surface area contributed by atoms with E-state index < -0.39 is 0 Å². The van der Waals surface area contributed by atoms with E-state index in [0.717, 1.165) is 37.4 Å². The van der Waals surface area contributed by atoms with Gasteiger partial charge in [0.1, 0.15) is 5.82 Å². The maximum Gasteiger partial charge on any atom is 0.123 e. The van der Waals surface area contributed by atoms with E-state index in [1.165, 1.54) is 6.07 Å². The summed E-state index contributed by atoms with van der Waals surface area (Å²) in [4.78, 5) is 2.28. The predicted octanol–water partition coefficient (Wildman–Crippen LogP) is 1.94. The Balaban J connectivity index is 2.20. The van der Waals surface area contributed by atoms with Crippen molar-refractivity contribution in [1.29, 1.82) is 0 Å². The minimum absolute atomic E-state index is 0.192. The molecule has 0 aliphatic carbocycles. The molecule has 0 radical (unpaired) electrons. The fraction of sp³-hybridized carbons (Fsp3) is 0.571. The van der Waals surface area contributed by atoms with E-state index in [0.29, 0.717) is 13.0 Å². The summed E-state index contributed by atoms with van der Waals surface area (Å²) in [6.07, 6.45) is 1.99. The van der Waals surface area contributed by atoms with Gasteiger partial charge in [0.05, 0.1) is 12.7 Å². The van der Waals surface area contributed by atoms with Crippen LogP contribution in [0.25, 0.3) is 0 Å². The smallest absolute Gasteiger partial charge is 0.123 e. The number of anilines is 1. The monoisotopic (exact) mass is 252 g/mol. The highest BCUT2D eigenvalue weighted by Gasteiger charge is 2.21. The molecule has 0 spiro atoms. The van der Waals surface area contributed by atoms with Crippen LogP contribution in [-0.4, -0.2) is 32.3 Å². The van der Waals surface area contributed by atoms with Crippen molar-refractivity contribution in [2.24, 2.45) is 5.73 Å². The van der Waals surface area contributed by atoms with Crippen LogP contribution in [0.4, 0.5) is 10.1 Å². The van der Waals surface area contributed by atoms with Gasteiger partial charge in [-0.15, -0.1) is 0 Å². The number of nitrogens with zero attached hydrogens (tertiary/aromatic N) is 1. The lowest BCUT2D eigenvalue weighted by Gasteiger charge is -2.35. The number of ether oxygens (including phenoxy) is 1. The highest BCUT2D eigenvalue weighted by Crippen LogP contribution is 2.24. The molecule has 0 aromatic heterocycles. The zero-order valence-electron chi connectivity index (χ0n) is 10.9. The maximum absolute atomic E-state index is 13.3. The molecule has 0 amide bonds. The van der Waals surface area contributed by atoms with Gasteiger partial charge in [-0.3, -0.25) is 0 Å². The van der Waals surface area contributed by atoms with E-state index >= 15 is 0 Å². The van der Waals surface area contributed by atoms with Gasteiger partial charge in [-0.2, -0.15) is 0 Å². The van der Waals surface area contributed by atoms with Crippen molar-refractivity contribution in [1.82, 2.24) is 0 Å². The van der Waals surface area contributed by atoms with Crippen LogP contribution >= 0.6 is 0 Å². The maximum atomic E-state index is 13.3. The van der Waals surface area contributed by atoms with Gasteiger partial charge in [0.25, 0.3) is 0 Å². The van der Waals surface area contributed by atoms with Gasteiger partial charge in [0, 0.05) is 18.8 Å². The van der Waals surface area contributed by atoms with Gasteiger partial charge in [0.15, 0.2) is 0 Å². The molecular formula is C14H21FN2O. The Morgan fingerprint density at radius 2 is 2.33 bits per heavy atom. The first-order valence-electron chi connectivity index (χ1n) is 6.59. The largest absolute Gasteiger partial charge is 0.375 e. The Hall–Kier alpha value is -1.13. The molecule has 2 rings (SSSR count). The van der Waals surface area contributed by atoms with Crippen LogP contribution in [0.1, 0.15) is 18.9 Å². The third-order valence-corrected chi connectivity index (χ3v) is 3.39. The Kier molecular flexibility index (Phi) is 4.55. The van der Waals surface area contributed by atoms with Crippen LogP contribution in [0.2, 0.25) is 0 Å². The zero-order chi connectivity index (χ0) is 13.0. The van der Waals surface area contributed by atoms with Crippen LogP contribution < -0.4 is 10.6 Å². The number of hydrogen-bond donors (Lipinski definition) is 1. The highest BCUT2D eigenvalue weighted by atomic mass is 19.1. The first-order chi connectivity index (χ1) is 8.74. The summed E-state index contributed by atoms with van der Waals surface area (Å²) in [5, 5.41) is 0. The van der Waals surface area contributed by atoms with E-state index in [2.05, 4.69) is 11.8 Å². The highest BCUT2D eigenvalue weighted by molar-refractivity contribution is 5.54. The molecule has 3 nitrogen and oxygen atoms in total. The molecule has 4 heteroatoms. The molecule has 1 heterocycles. The Morgan fingerprint density at radius 3 is 3.06 bits per heavy atom. The third-order valence-electron chi connectivity index (χ3n) is 3.39. The second kappa shape index (κ2) is 6.16. The van der Waals surface area contributed by atoms with Crippen LogP contribution in [-0.2, 0) is 11.2 Å². The second-order valence-electron chi connectivity index (χ2n) is 4.66. The second-order valence-corrected chi connectivity index (χ2v) is 4.66. The van der Waals surface area contributed by atoms with Crippen molar-refractivity contribution in [2.45, 2.75) is 25.9 Å². The minimum Gasteiger partial charge on any atom is -0.375 e. The molecule has 2 N–H and O–H groups in total. The van der Waals surface area contributed by atoms with Gasteiger partial charge >= 0.3 is 0 Å². The Morgan fingerprint density at radius 1 is 1.50 bits per heavy atom. The summed E-state index contributed by atoms with van der Waals surface area (Å²) >= 11 is 0. The van der Waals surface area contributed by atoms with Gasteiger partial charge in [0.2, 0.25) is 0 Å². The molecule has 0 saturated carbocycles. The molecule has 1 aromatic carbocycles. The molecule has 1 fully saturated rings. The summed E-state index contributed by atoms with van der Waals surface area (Å²) in [6, 6.07) is 4.97. The summed E-state index contributed by atoms with van der Waals surface area (Å²) in [6.45, 7) is 5.13. The van der Waals surface area contributed by atoms with Crippen LogP contribution in [0.15, 0.2) is 18.2 Å². The van der Waals surface area contributed by atoms with Crippen molar-refractivity contribution in [3.8, 4) is 0 Å². The predicted molar refractivity (Wildman–Crippen MR) is 71.4 cm³/mol. The molecule has 1 unspecified atom stereocenters. The average Bonchev–Trinajstić information content (AvgIpc) is 2.39. The number of halogens is 1. The number of nitrogens with two attached hydrogens (primary N) is 1. The van der Waals surface area contributed by atoms with E-state index in [4.69, 9.17) is 10.5 Å². The van der Waals surface area contributed by atoms with E-state index in [-0.39, 0.29) is 11.9 Å². The van der Waals surface area contributed by atoms with Crippen LogP contribution in [0.5, 0.6) is 0 Å². The lowest BCUT2D eigenvalue weighted by Crippen LogP contribution is -2.42. The van der Waals surface area contributed by atoms with Gasteiger partial charge in [-0.25, -0.2) is 4.39 Å². The quantitative estimate of drug-likeness (QED) is 0.890. The fourth-order valence-electron chi connectivity index (χ4n) is 2.40. The SMILES string of the molecule is CCC1CN(c2ccc(F)cc2CCN)CCO1. The molecule has 1 aliphatic rings. The normalized spacial score (nSPS) is 20.2. The Labute approximate surface area is 108 Å². The molecule has 0 bridgehead atoms. The van der Waals surface area contributed by atoms with Crippen molar-refractivity contribution in [2.75, 3.05) is 31.1 Å². The van der Waals surface area contributed by atoms with E-state index in [1.54, 1.807) is 6.07 Å². The topological polar surface area (TPSA) is 38.5 Å². The molecule has 18 heavy (non-hydrogen) atoms. The zero-order valence-corrected chi connectivity index (χ0v) is 10.9. The molecule has 100 valence electrons. The molecule has 1 aliphatic heterocycles. The van der Waals surface area contributed by atoms with Crippen molar-refractivity contribution in [3.63, 3.8) is 0 Å². The molecule has 1 aromatic rings. The molecule has 1 atom stereocenters. The lowest BCUT2D eigenvalue weighted by atomic mass is 10.1. The number of hydrogen-bond acceptors (Lipinski definition) is 3. The van der Waals surface area contributed by atoms with Crippen LogP contribution in [0, 0.1) is 5.82 Å². The first kappa shape index (κ1) is 13.3. The van der Waals surface area contributed by atoms with Crippen molar-refractivity contribution in [3.05, 3.63) is 29.6 Å². The molecular weight excluding hydrogens is 231 g/mol. The van der Waals surface area contributed by atoms with Gasteiger partial charge < -0.3 is 15.4 Å². The summed E-state index contributed by atoms with van der Waals surface area (Å²) in [5.41, 5.74) is 7.69. The lowest BCUT2D eigenvalue weighted by molar-refractivity contribution is 0.0384. The van der Waals surface area contributed by atoms with Crippen LogP contribution in [0.3, 0.4) is 0 Å².